The molecule has 0 radical (unpaired) electrons. The van der Waals surface area contributed by atoms with Crippen molar-refractivity contribution in [3.8, 4) is 0 Å². The summed E-state index contributed by atoms with van der Waals surface area (Å²) in [7, 11) is 1.26. The Morgan fingerprint density at radius 1 is 1.17 bits per heavy atom. The molecule has 6 nitrogen and oxygen atoms in total. The number of ether oxygens (including phenoxy) is 2. The molecule has 7 heteroatoms. The molecular weight excluding hydrogens is 378 g/mol. The van der Waals surface area contributed by atoms with Crippen molar-refractivity contribution >= 4 is 33.8 Å². The van der Waals surface area contributed by atoms with Gasteiger partial charge in [0.05, 0.1) is 13.5 Å². The van der Waals surface area contributed by atoms with E-state index in [0.29, 0.717) is 6.42 Å². The van der Waals surface area contributed by atoms with E-state index in [9.17, 15) is 14.4 Å². The number of esters is 2. The van der Waals surface area contributed by atoms with E-state index in [2.05, 4.69) is 26.0 Å². The number of carbonyl (C=O) groups excluding carboxylic acids is 3. The molecule has 0 aromatic heterocycles. The number of carbonyl (C=O) groups is 3. The van der Waals surface area contributed by atoms with Gasteiger partial charge in [-0.05, 0) is 30.0 Å². The lowest BCUT2D eigenvalue weighted by molar-refractivity contribution is -0.150. The molecule has 0 heterocycles. The summed E-state index contributed by atoms with van der Waals surface area (Å²) in [5, 5.41) is 2.53. The smallest absolute Gasteiger partial charge is 0.328 e. The summed E-state index contributed by atoms with van der Waals surface area (Å²) in [4.78, 5) is 35.2. The van der Waals surface area contributed by atoms with Gasteiger partial charge in [-0.25, -0.2) is 4.79 Å². The highest BCUT2D eigenvalue weighted by atomic mass is 79.9. The minimum absolute atomic E-state index is 0.0764. The summed E-state index contributed by atoms with van der Waals surface area (Å²) in [6, 6.07) is 6.49. The van der Waals surface area contributed by atoms with Crippen molar-refractivity contribution in [2.45, 2.75) is 32.7 Å². The highest BCUT2D eigenvalue weighted by molar-refractivity contribution is 9.10. The Kier molecular flexibility index (Phi) is 8.46. The van der Waals surface area contributed by atoms with Crippen molar-refractivity contribution in [2.24, 2.45) is 5.92 Å². The van der Waals surface area contributed by atoms with E-state index in [-0.39, 0.29) is 12.3 Å². The first-order chi connectivity index (χ1) is 11.3. The normalized spacial score (nSPS) is 11.7. The monoisotopic (exact) mass is 399 g/mol. The molecular formula is C17H22BrNO5. The van der Waals surface area contributed by atoms with E-state index in [1.165, 1.54) is 7.11 Å². The van der Waals surface area contributed by atoms with Gasteiger partial charge in [0.25, 0.3) is 5.91 Å². The highest BCUT2D eigenvalue weighted by Gasteiger charge is 2.23. The van der Waals surface area contributed by atoms with Crippen LogP contribution in [0.25, 0.3) is 0 Å². The zero-order valence-electron chi connectivity index (χ0n) is 14.0. The van der Waals surface area contributed by atoms with Crippen molar-refractivity contribution in [2.75, 3.05) is 13.7 Å². The van der Waals surface area contributed by atoms with Crippen LogP contribution >= 0.6 is 15.9 Å². The van der Waals surface area contributed by atoms with Crippen molar-refractivity contribution in [1.29, 1.82) is 0 Å². The number of benzene rings is 1. The second-order valence-electron chi connectivity index (χ2n) is 5.74. The molecule has 1 amide bonds. The average Bonchev–Trinajstić information content (AvgIpc) is 2.53. The van der Waals surface area contributed by atoms with Gasteiger partial charge in [0, 0.05) is 4.47 Å². The molecule has 0 aliphatic rings. The van der Waals surface area contributed by atoms with Gasteiger partial charge in [0.15, 0.2) is 6.61 Å². The Morgan fingerprint density at radius 3 is 2.33 bits per heavy atom. The number of hydrogen-bond donors (Lipinski definition) is 1. The first-order valence-corrected chi connectivity index (χ1v) is 8.38. The van der Waals surface area contributed by atoms with Gasteiger partial charge in [-0.2, -0.15) is 0 Å². The van der Waals surface area contributed by atoms with Gasteiger partial charge in [0.1, 0.15) is 6.04 Å². The van der Waals surface area contributed by atoms with E-state index in [4.69, 9.17) is 4.74 Å². The fourth-order valence-corrected chi connectivity index (χ4v) is 2.29. The molecule has 0 saturated heterocycles. The molecule has 0 fully saturated rings. The topological polar surface area (TPSA) is 81.7 Å². The van der Waals surface area contributed by atoms with Gasteiger partial charge < -0.3 is 14.8 Å². The van der Waals surface area contributed by atoms with Crippen LogP contribution in [0.15, 0.2) is 28.7 Å². The van der Waals surface area contributed by atoms with Crippen molar-refractivity contribution in [3.63, 3.8) is 0 Å². The molecule has 132 valence electrons. The first kappa shape index (κ1) is 20.2. The van der Waals surface area contributed by atoms with Crippen LogP contribution in [0.4, 0.5) is 0 Å². The zero-order valence-corrected chi connectivity index (χ0v) is 15.6. The Hall–Kier alpha value is -1.89. The first-order valence-electron chi connectivity index (χ1n) is 7.59. The minimum atomic E-state index is -0.743. The molecule has 1 aromatic rings. The third-order valence-electron chi connectivity index (χ3n) is 3.15. The van der Waals surface area contributed by atoms with Crippen LogP contribution in [0.1, 0.15) is 25.8 Å². The van der Waals surface area contributed by atoms with Crippen molar-refractivity contribution in [1.82, 2.24) is 5.32 Å². The standard InChI is InChI=1S/C17H22BrNO5/c1-11(2)8-14(17(22)23-3)19-15(20)10-24-16(21)9-12-4-6-13(18)7-5-12/h4-7,11,14H,8-10H2,1-3H3,(H,19,20)/t14-/m1/s1. The van der Waals surface area contributed by atoms with Crippen LogP contribution in [-0.4, -0.2) is 37.6 Å². The predicted molar refractivity (Wildman–Crippen MR) is 92.2 cm³/mol. The Morgan fingerprint density at radius 2 is 1.79 bits per heavy atom. The molecule has 1 atom stereocenters. The number of nitrogens with one attached hydrogen (secondary N) is 1. The van der Waals surface area contributed by atoms with Crippen LogP contribution in [0, 0.1) is 5.92 Å². The Bertz CT molecular complexity index is 571. The van der Waals surface area contributed by atoms with Crippen LogP contribution in [0.3, 0.4) is 0 Å². The summed E-state index contributed by atoms with van der Waals surface area (Å²) in [6.45, 7) is 3.43. The number of hydrogen-bond acceptors (Lipinski definition) is 5. The quantitative estimate of drug-likeness (QED) is 0.677. The number of methoxy groups -OCH3 is 1. The Balaban J connectivity index is 2.44. The summed E-state index contributed by atoms with van der Waals surface area (Å²) in [6.07, 6.45) is 0.526. The van der Waals surface area contributed by atoms with Crippen LogP contribution in [0.5, 0.6) is 0 Å². The van der Waals surface area contributed by atoms with Gasteiger partial charge in [-0.3, -0.25) is 9.59 Å². The molecule has 0 aliphatic carbocycles. The largest absolute Gasteiger partial charge is 0.467 e. The van der Waals surface area contributed by atoms with Crippen molar-refractivity contribution in [3.05, 3.63) is 34.3 Å². The van der Waals surface area contributed by atoms with Crippen LogP contribution in [-0.2, 0) is 30.3 Å². The van der Waals surface area contributed by atoms with Crippen LogP contribution < -0.4 is 5.32 Å². The lowest BCUT2D eigenvalue weighted by atomic mass is 10.0. The minimum Gasteiger partial charge on any atom is -0.467 e. The second-order valence-corrected chi connectivity index (χ2v) is 6.65. The molecule has 24 heavy (non-hydrogen) atoms. The van der Waals surface area contributed by atoms with Gasteiger partial charge in [-0.1, -0.05) is 41.9 Å². The van der Waals surface area contributed by atoms with Crippen LogP contribution in [0.2, 0.25) is 0 Å². The fraction of sp³-hybridized carbons (Fsp3) is 0.471. The van der Waals surface area contributed by atoms with E-state index in [1.54, 1.807) is 12.1 Å². The highest BCUT2D eigenvalue weighted by Crippen LogP contribution is 2.11. The summed E-state index contributed by atoms with van der Waals surface area (Å²) in [5.41, 5.74) is 0.788. The maximum absolute atomic E-state index is 11.9. The van der Waals surface area contributed by atoms with E-state index in [0.717, 1.165) is 10.0 Å². The summed E-state index contributed by atoms with van der Waals surface area (Å²) in [5.74, 6) is -1.35. The summed E-state index contributed by atoms with van der Waals surface area (Å²) >= 11 is 3.31. The maximum Gasteiger partial charge on any atom is 0.328 e. The van der Waals surface area contributed by atoms with Crippen molar-refractivity contribution < 1.29 is 23.9 Å². The molecule has 0 saturated carbocycles. The molecule has 1 N–H and O–H groups in total. The third kappa shape index (κ3) is 7.59. The second kappa shape index (κ2) is 10.1. The van der Waals surface area contributed by atoms with E-state index >= 15 is 0 Å². The molecule has 0 spiro atoms. The molecule has 1 rings (SSSR count). The third-order valence-corrected chi connectivity index (χ3v) is 3.68. The average molecular weight is 400 g/mol. The number of rotatable bonds is 8. The van der Waals surface area contributed by atoms with E-state index in [1.807, 2.05) is 26.0 Å². The maximum atomic E-state index is 11.9. The SMILES string of the molecule is COC(=O)[C@@H](CC(C)C)NC(=O)COC(=O)Cc1ccc(Br)cc1. The number of amides is 1. The fourth-order valence-electron chi connectivity index (χ4n) is 2.03. The van der Waals surface area contributed by atoms with Gasteiger partial charge in [-0.15, -0.1) is 0 Å². The molecule has 1 aromatic carbocycles. The predicted octanol–water partition coefficient (Wildman–Crippen LogP) is 2.24. The van der Waals surface area contributed by atoms with Gasteiger partial charge in [0.2, 0.25) is 0 Å². The summed E-state index contributed by atoms with van der Waals surface area (Å²) < 4.78 is 10.5. The molecule has 0 unspecified atom stereocenters. The lowest BCUT2D eigenvalue weighted by Gasteiger charge is -2.18. The molecule has 0 bridgehead atoms. The van der Waals surface area contributed by atoms with E-state index < -0.39 is 30.5 Å². The van der Waals surface area contributed by atoms with Gasteiger partial charge >= 0.3 is 11.9 Å². The Labute approximate surface area is 150 Å². The zero-order chi connectivity index (χ0) is 18.1. The lowest BCUT2D eigenvalue weighted by Crippen LogP contribution is -2.44. The number of halogens is 1. The molecule has 0 aliphatic heterocycles.